The highest BCUT2D eigenvalue weighted by molar-refractivity contribution is 5.91. The molecule has 114 valence electrons. The number of aliphatic carboxylic acids is 1. The molecule has 1 aromatic rings. The van der Waals surface area contributed by atoms with E-state index in [1.807, 2.05) is 0 Å². The lowest BCUT2D eigenvalue weighted by Crippen LogP contribution is -2.49. The van der Waals surface area contributed by atoms with Crippen molar-refractivity contribution in [2.75, 3.05) is 18.4 Å². The Morgan fingerprint density at radius 3 is 2.76 bits per heavy atom. The van der Waals surface area contributed by atoms with Crippen LogP contribution in [0.1, 0.15) is 25.3 Å². The Labute approximate surface area is 122 Å². The summed E-state index contributed by atoms with van der Waals surface area (Å²) in [7, 11) is 0. The molecule has 1 aromatic carbocycles. The van der Waals surface area contributed by atoms with Crippen molar-refractivity contribution in [1.82, 2.24) is 4.90 Å². The lowest BCUT2D eigenvalue weighted by Gasteiger charge is -2.37. The Balaban J connectivity index is 2.12. The van der Waals surface area contributed by atoms with Crippen molar-refractivity contribution in [2.45, 2.75) is 26.7 Å². The van der Waals surface area contributed by atoms with Gasteiger partial charge in [0.25, 0.3) is 0 Å². The Morgan fingerprint density at radius 2 is 2.14 bits per heavy atom. The van der Waals surface area contributed by atoms with Gasteiger partial charge in [-0.1, -0.05) is 12.1 Å². The fraction of sp³-hybridized carbons (Fsp3) is 0.467. The van der Waals surface area contributed by atoms with Crippen molar-refractivity contribution >= 4 is 17.7 Å². The molecule has 5 nitrogen and oxygen atoms in total. The first-order chi connectivity index (χ1) is 9.83. The van der Waals surface area contributed by atoms with Gasteiger partial charge in [-0.2, -0.15) is 0 Å². The number of hydrogen-bond donors (Lipinski definition) is 2. The number of amides is 2. The van der Waals surface area contributed by atoms with Crippen LogP contribution in [0.4, 0.5) is 14.9 Å². The number of anilines is 1. The summed E-state index contributed by atoms with van der Waals surface area (Å²) < 4.78 is 13.7. The molecule has 1 heterocycles. The Morgan fingerprint density at radius 1 is 1.43 bits per heavy atom. The minimum absolute atomic E-state index is 0.127. The van der Waals surface area contributed by atoms with E-state index in [0.717, 1.165) is 0 Å². The second-order valence-corrected chi connectivity index (χ2v) is 5.75. The lowest BCUT2D eigenvalue weighted by atomic mass is 9.82. The van der Waals surface area contributed by atoms with Crippen molar-refractivity contribution in [2.24, 2.45) is 5.41 Å². The van der Waals surface area contributed by atoms with Gasteiger partial charge in [0.05, 0.1) is 11.1 Å². The highest BCUT2D eigenvalue weighted by Crippen LogP contribution is 2.30. The topological polar surface area (TPSA) is 69.6 Å². The summed E-state index contributed by atoms with van der Waals surface area (Å²) >= 11 is 0. The third kappa shape index (κ3) is 3.15. The van der Waals surface area contributed by atoms with Crippen LogP contribution in [0.3, 0.4) is 0 Å². The van der Waals surface area contributed by atoms with Crippen LogP contribution in [-0.2, 0) is 4.79 Å². The molecule has 1 fully saturated rings. The number of halogens is 1. The van der Waals surface area contributed by atoms with Gasteiger partial charge in [0.15, 0.2) is 0 Å². The van der Waals surface area contributed by atoms with Crippen molar-refractivity contribution < 1.29 is 19.1 Å². The van der Waals surface area contributed by atoms with Gasteiger partial charge in [-0.3, -0.25) is 4.79 Å². The van der Waals surface area contributed by atoms with E-state index in [0.29, 0.717) is 24.9 Å². The maximum Gasteiger partial charge on any atom is 0.321 e. The first-order valence-corrected chi connectivity index (χ1v) is 6.88. The average Bonchev–Trinajstić information content (AvgIpc) is 2.43. The number of carbonyl (C=O) groups excluding carboxylic acids is 1. The Hall–Kier alpha value is -2.11. The van der Waals surface area contributed by atoms with Crippen LogP contribution in [0, 0.1) is 18.2 Å². The number of likely N-dealkylation sites (tertiary alicyclic amines) is 1. The molecule has 1 aliphatic heterocycles. The summed E-state index contributed by atoms with van der Waals surface area (Å²) in [4.78, 5) is 25.0. The number of hydrogen-bond acceptors (Lipinski definition) is 2. The SMILES string of the molecule is Cc1cccc(F)c1NC(=O)N1CCCC(C)(C(=O)O)C1. The molecule has 0 aromatic heterocycles. The zero-order valence-electron chi connectivity index (χ0n) is 12.1. The number of piperidine rings is 1. The van der Waals surface area contributed by atoms with Gasteiger partial charge in [-0.05, 0) is 38.3 Å². The van der Waals surface area contributed by atoms with E-state index in [1.165, 1.54) is 11.0 Å². The summed E-state index contributed by atoms with van der Waals surface area (Å²) in [5.74, 6) is -1.41. The van der Waals surface area contributed by atoms with E-state index in [4.69, 9.17) is 0 Å². The minimum atomic E-state index is -0.945. The number of carbonyl (C=O) groups is 2. The van der Waals surface area contributed by atoms with E-state index in [2.05, 4.69) is 5.32 Å². The number of carboxylic acid groups (broad SMARTS) is 1. The first-order valence-electron chi connectivity index (χ1n) is 6.88. The molecule has 0 radical (unpaired) electrons. The third-order valence-corrected chi connectivity index (χ3v) is 3.95. The zero-order valence-corrected chi connectivity index (χ0v) is 12.1. The predicted octanol–water partition coefficient (Wildman–Crippen LogP) is 2.85. The van der Waals surface area contributed by atoms with Crippen LogP contribution in [0.25, 0.3) is 0 Å². The number of rotatable bonds is 2. The third-order valence-electron chi connectivity index (χ3n) is 3.95. The van der Waals surface area contributed by atoms with Crippen LogP contribution in [0.2, 0.25) is 0 Å². The average molecular weight is 294 g/mol. The molecule has 21 heavy (non-hydrogen) atoms. The van der Waals surface area contributed by atoms with Crippen LogP contribution < -0.4 is 5.32 Å². The number of aryl methyl sites for hydroxylation is 1. The van der Waals surface area contributed by atoms with Crippen molar-refractivity contribution in [3.05, 3.63) is 29.6 Å². The van der Waals surface area contributed by atoms with Gasteiger partial charge in [-0.25, -0.2) is 9.18 Å². The first kappa shape index (κ1) is 15.3. The van der Waals surface area contributed by atoms with Gasteiger partial charge in [0.2, 0.25) is 0 Å². The smallest absolute Gasteiger partial charge is 0.321 e. The van der Waals surface area contributed by atoms with Gasteiger partial charge in [0, 0.05) is 13.1 Å². The molecule has 0 bridgehead atoms. The second-order valence-electron chi connectivity index (χ2n) is 5.75. The van der Waals surface area contributed by atoms with Gasteiger partial charge < -0.3 is 15.3 Å². The van der Waals surface area contributed by atoms with Crippen LogP contribution in [0.15, 0.2) is 18.2 Å². The maximum absolute atomic E-state index is 13.7. The molecule has 2 amide bonds. The number of benzene rings is 1. The zero-order chi connectivity index (χ0) is 15.6. The molecule has 1 atom stereocenters. The minimum Gasteiger partial charge on any atom is -0.481 e. The molecule has 1 unspecified atom stereocenters. The fourth-order valence-corrected chi connectivity index (χ4v) is 2.56. The molecule has 0 aliphatic carbocycles. The van der Waals surface area contributed by atoms with E-state index in [1.54, 1.807) is 26.0 Å². The highest BCUT2D eigenvalue weighted by atomic mass is 19.1. The quantitative estimate of drug-likeness (QED) is 0.881. The van der Waals surface area contributed by atoms with Gasteiger partial charge >= 0.3 is 12.0 Å². The Kier molecular flexibility index (Phi) is 4.16. The molecular formula is C15H19FN2O3. The van der Waals surface area contributed by atoms with Crippen molar-refractivity contribution in [3.63, 3.8) is 0 Å². The molecular weight excluding hydrogens is 275 g/mol. The number of carboxylic acids is 1. The predicted molar refractivity (Wildman–Crippen MR) is 76.7 cm³/mol. The van der Waals surface area contributed by atoms with E-state index in [9.17, 15) is 19.1 Å². The summed E-state index contributed by atoms with van der Waals surface area (Å²) in [5, 5.41) is 11.8. The van der Waals surface area contributed by atoms with Crippen molar-refractivity contribution in [1.29, 1.82) is 0 Å². The molecule has 2 rings (SSSR count). The number of urea groups is 1. The molecule has 2 N–H and O–H groups in total. The largest absolute Gasteiger partial charge is 0.481 e. The molecule has 1 aliphatic rings. The van der Waals surface area contributed by atoms with Crippen LogP contribution in [-0.4, -0.2) is 35.1 Å². The molecule has 0 spiro atoms. The summed E-state index contributed by atoms with van der Waals surface area (Å²) in [6.45, 7) is 3.93. The van der Waals surface area contributed by atoms with E-state index < -0.39 is 23.2 Å². The Bertz CT molecular complexity index is 556. The van der Waals surface area contributed by atoms with Crippen molar-refractivity contribution in [3.8, 4) is 0 Å². The summed E-state index contributed by atoms with van der Waals surface area (Å²) in [5.41, 5.74) is -0.175. The van der Waals surface area contributed by atoms with E-state index in [-0.39, 0.29) is 12.2 Å². The van der Waals surface area contributed by atoms with Crippen LogP contribution >= 0.6 is 0 Å². The molecule has 0 saturated carbocycles. The summed E-state index contributed by atoms with van der Waals surface area (Å²) in [6, 6.07) is 4.09. The van der Waals surface area contributed by atoms with Gasteiger partial charge in [0.1, 0.15) is 5.82 Å². The summed E-state index contributed by atoms with van der Waals surface area (Å²) in [6.07, 6.45) is 1.15. The fourth-order valence-electron chi connectivity index (χ4n) is 2.56. The maximum atomic E-state index is 13.7. The number of nitrogens with one attached hydrogen (secondary N) is 1. The normalized spacial score (nSPS) is 22.0. The monoisotopic (exact) mass is 294 g/mol. The highest BCUT2D eigenvalue weighted by Gasteiger charge is 2.39. The van der Waals surface area contributed by atoms with Gasteiger partial charge in [-0.15, -0.1) is 0 Å². The number of nitrogens with zero attached hydrogens (tertiary/aromatic N) is 1. The standard InChI is InChI=1S/C15H19FN2O3/c1-10-5-3-6-11(16)12(10)17-14(21)18-8-4-7-15(2,9-18)13(19)20/h3,5-6H,4,7-9H2,1-2H3,(H,17,21)(H,19,20). The second kappa shape index (κ2) is 5.71. The molecule has 1 saturated heterocycles. The molecule has 6 heteroatoms. The lowest BCUT2D eigenvalue weighted by molar-refractivity contribution is -0.150. The van der Waals surface area contributed by atoms with Crippen LogP contribution in [0.5, 0.6) is 0 Å². The number of para-hydroxylation sites is 1. The van der Waals surface area contributed by atoms with E-state index >= 15 is 0 Å².